The molecule has 5 rings (SSSR count). The summed E-state index contributed by atoms with van der Waals surface area (Å²) in [7, 11) is 3.42. The third-order valence-corrected chi connectivity index (χ3v) is 7.53. The lowest BCUT2D eigenvalue weighted by Gasteiger charge is -2.36. The number of rotatable bonds is 5. The van der Waals surface area contributed by atoms with Gasteiger partial charge >= 0.3 is 0 Å². The number of aromatic nitrogens is 2. The van der Waals surface area contributed by atoms with Crippen molar-refractivity contribution in [3.8, 4) is 5.75 Å². The van der Waals surface area contributed by atoms with Crippen LogP contribution in [0, 0.1) is 5.92 Å². The topological polar surface area (TPSA) is 102 Å². The van der Waals surface area contributed by atoms with Gasteiger partial charge in [0.2, 0.25) is 11.8 Å². The summed E-state index contributed by atoms with van der Waals surface area (Å²) in [6.45, 7) is 0. The Morgan fingerprint density at radius 2 is 1.97 bits per heavy atom. The summed E-state index contributed by atoms with van der Waals surface area (Å²) in [6.07, 6.45) is 10.0. The lowest BCUT2D eigenvalue weighted by Crippen LogP contribution is -2.46. The van der Waals surface area contributed by atoms with Crippen molar-refractivity contribution in [3.05, 3.63) is 41.3 Å². The Morgan fingerprint density at radius 1 is 1.18 bits per heavy atom. The predicted molar refractivity (Wildman–Crippen MR) is 126 cm³/mol. The smallest absolute Gasteiger partial charge is 0.248 e. The molecular weight excluding hydrogens is 418 g/mol. The van der Waals surface area contributed by atoms with Gasteiger partial charge in [-0.2, -0.15) is 0 Å². The molecular formula is C25H31N5O3. The van der Waals surface area contributed by atoms with Gasteiger partial charge in [0.05, 0.1) is 19.2 Å². The third kappa shape index (κ3) is 3.81. The Morgan fingerprint density at radius 3 is 2.70 bits per heavy atom. The van der Waals surface area contributed by atoms with Crippen LogP contribution in [0.25, 0.3) is 0 Å². The zero-order valence-corrected chi connectivity index (χ0v) is 19.3. The number of carbonyl (C=O) groups is 2. The molecule has 1 aliphatic heterocycles. The van der Waals surface area contributed by atoms with E-state index in [0.29, 0.717) is 29.6 Å². The molecule has 0 spiro atoms. The van der Waals surface area contributed by atoms with E-state index in [0.717, 1.165) is 49.2 Å². The van der Waals surface area contributed by atoms with E-state index in [-0.39, 0.29) is 17.9 Å². The van der Waals surface area contributed by atoms with Gasteiger partial charge in [-0.3, -0.25) is 9.59 Å². The number of carbonyl (C=O) groups excluding carboxylic acids is 2. The first kappa shape index (κ1) is 21.7. The number of benzene rings is 1. The van der Waals surface area contributed by atoms with Crippen molar-refractivity contribution in [1.29, 1.82) is 0 Å². The first-order chi connectivity index (χ1) is 16.0. The highest BCUT2D eigenvalue weighted by atomic mass is 16.5. The van der Waals surface area contributed by atoms with E-state index in [9.17, 15) is 9.59 Å². The lowest BCUT2D eigenvalue weighted by molar-refractivity contribution is -0.122. The van der Waals surface area contributed by atoms with Gasteiger partial charge in [-0.15, -0.1) is 0 Å². The summed E-state index contributed by atoms with van der Waals surface area (Å²) >= 11 is 0. The minimum atomic E-state index is -0.493. The fourth-order valence-electron chi connectivity index (χ4n) is 5.84. The molecule has 2 aliphatic carbocycles. The van der Waals surface area contributed by atoms with Gasteiger partial charge in [-0.25, -0.2) is 9.97 Å². The Kier molecular flexibility index (Phi) is 5.68. The molecule has 2 amide bonds. The molecule has 2 N–H and O–H groups in total. The maximum absolute atomic E-state index is 13.3. The summed E-state index contributed by atoms with van der Waals surface area (Å²) in [5, 5.41) is 0. The second-order valence-electron chi connectivity index (χ2n) is 9.41. The molecule has 0 bridgehead atoms. The number of methoxy groups -OCH3 is 1. The van der Waals surface area contributed by atoms with Crippen LogP contribution in [0.4, 0.5) is 11.5 Å². The molecule has 174 valence electrons. The molecule has 1 aromatic carbocycles. The number of nitrogens with zero attached hydrogens (tertiary/aromatic N) is 4. The molecule has 2 aromatic rings. The first-order valence-electron chi connectivity index (χ1n) is 11.9. The number of anilines is 2. The van der Waals surface area contributed by atoms with E-state index >= 15 is 0 Å². The quantitative estimate of drug-likeness (QED) is 0.753. The van der Waals surface area contributed by atoms with Gasteiger partial charge in [-0.1, -0.05) is 25.3 Å². The summed E-state index contributed by atoms with van der Waals surface area (Å²) in [4.78, 5) is 38.7. The van der Waals surface area contributed by atoms with E-state index < -0.39 is 5.91 Å². The van der Waals surface area contributed by atoms with Gasteiger partial charge in [-0.05, 0) is 37.8 Å². The maximum atomic E-state index is 13.3. The number of nitrogens with two attached hydrogens (primary N) is 1. The molecule has 2 saturated carbocycles. The molecule has 8 nitrogen and oxygen atoms in total. The number of hydrogen-bond acceptors (Lipinski definition) is 6. The Bertz CT molecular complexity index is 1080. The minimum absolute atomic E-state index is 0.0229. The van der Waals surface area contributed by atoms with Crippen molar-refractivity contribution in [2.24, 2.45) is 11.7 Å². The molecule has 2 atom stereocenters. The molecule has 8 heteroatoms. The molecule has 0 unspecified atom stereocenters. The van der Waals surface area contributed by atoms with E-state index in [2.05, 4.69) is 9.88 Å². The number of amides is 2. The normalized spacial score (nSPS) is 22.8. The zero-order valence-electron chi connectivity index (χ0n) is 19.3. The van der Waals surface area contributed by atoms with E-state index in [1.807, 2.05) is 13.1 Å². The van der Waals surface area contributed by atoms with Gasteiger partial charge in [0.1, 0.15) is 17.3 Å². The molecule has 1 aromatic heterocycles. The fraction of sp³-hybridized carbons (Fsp3) is 0.520. The molecule has 0 radical (unpaired) electrons. The summed E-state index contributed by atoms with van der Waals surface area (Å²) < 4.78 is 5.50. The van der Waals surface area contributed by atoms with Crippen molar-refractivity contribution in [1.82, 2.24) is 9.97 Å². The highest BCUT2D eigenvalue weighted by Crippen LogP contribution is 2.44. The largest absolute Gasteiger partial charge is 0.496 e. The summed E-state index contributed by atoms with van der Waals surface area (Å²) in [5.74, 6) is 1.84. The van der Waals surface area contributed by atoms with Crippen LogP contribution < -0.4 is 20.3 Å². The Balaban J connectivity index is 1.55. The van der Waals surface area contributed by atoms with Crippen LogP contribution in [0.3, 0.4) is 0 Å². The van der Waals surface area contributed by atoms with Crippen LogP contribution >= 0.6 is 0 Å². The molecule has 0 saturated heterocycles. The fourth-order valence-corrected chi connectivity index (χ4v) is 5.84. The predicted octanol–water partition coefficient (Wildman–Crippen LogP) is 3.07. The number of primary amides is 1. The molecule has 2 fully saturated rings. The van der Waals surface area contributed by atoms with E-state index in [4.69, 9.17) is 15.5 Å². The van der Waals surface area contributed by atoms with Gasteiger partial charge < -0.3 is 20.3 Å². The lowest BCUT2D eigenvalue weighted by atomic mass is 9.99. The summed E-state index contributed by atoms with van der Waals surface area (Å²) in [5.41, 5.74) is 7.49. The zero-order chi connectivity index (χ0) is 23.1. The number of hydrogen-bond donors (Lipinski definition) is 1. The average Bonchev–Trinajstić information content (AvgIpc) is 3.50. The SMILES string of the molecule is COc1cc(C(N)=O)ccc1Cc1ncc2c(n1)N(C1CCCC1)[C@@H]1CCC[C@@H]1C(=O)N2C. The van der Waals surface area contributed by atoms with Gasteiger partial charge in [0.25, 0.3) is 0 Å². The standard InChI is InChI=1S/C25H31N5O3/c1-29-20-14-27-22(13-15-10-11-16(23(26)31)12-21(15)33-2)28-24(20)30(17-6-3-4-7-17)19-9-5-8-18(19)25(29)32/h10-12,14,17-19H,3-9,13H2,1-2H3,(H2,26,31)/t18-,19+/m0/s1. The third-order valence-electron chi connectivity index (χ3n) is 7.53. The monoisotopic (exact) mass is 449 g/mol. The van der Waals surface area contributed by atoms with Crippen molar-refractivity contribution in [3.63, 3.8) is 0 Å². The van der Waals surface area contributed by atoms with Crippen molar-refractivity contribution in [2.75, 3.05) is 24.0 Å². The average molecular weight is 450 g/mol. The van der Waals surface area contributed by atoms with E-state index in [1.165, 1.54) is 12.8 Å². The number of fused-ring (bicyclic) bond motifs is 2. The highest BCUT2D eigenvalue weighted by molar-refractivity contribution is 5.99. The minimum Gasteiger partial charge on any atom is -0.496 e. The second-order valence-corrected chi connectivity index (χ2v) is 9.41. The van der Waals surface area contributed by atoms with Crippen LogP contribution in [0.2, 0.25) is 0 Å². The first-order valence-corrected chi connectivity index (χ1v) is 11.9. The highest BCUT2D eigenvalue weighted by Gasteiger charge is 2.45. The van der Waals surface area contributed by atoms with Crippen LogP contribution in [-0.2, 0) is 11.2 Å². The number of ether oxygens (including phenoxy) is 1. The van der Waals surface area contributed by atoms with Crippen LogP contribution in [0.5, 0.6) is 5.75 Å². The Labute approximate surface area is 194 Å². The van der Waals surface area contributed by atoms with Gasteiger partial charge in [0, 0.05) is 36.7 Å². The van der Waals surface area contributed by atoms with Crippen molar-refractivity contribution >= 4 is 23.3 Å². The maximum Gasteiger partial charge on any atom is 0.248 e. The molecule has 3 aliphatic rings. The van der Waals surface area contributed by atoms with Crippen LogP contribution in [0.15, 0.2) is 24.4 Å². The van der Waals surface area contributed by atoms with Crippen molar-refractivity contribution in [2.45, 2.75) is 63.5 Å². The Hall–Kier alpha value is -3.16. The second kappa shape index (κ2) is 8.65. The van der Waals surface area contributed by atoms with Crippen LogP contribution in [-0.4, -0.2) is 48.0 Å². The van der Waals surface area contributed by atoms with Crippen LogP contribution in [0.1, 0.15) is 66.7 Å². The van der Waals surface area contributed by atoms with E-state index in [1.54, 1.807) is 30.3 Å². The summed E-state index contributed by atoms with van der Waals surface area (Å²) in [6, 6.07) is 5.81. The molecule has 2 heterocycles. The van der Waals surface area contributed by atoms with Crippen molar-refractivity contribution < 1.29 is 14.3 Å². The van der Waals surface area contributed by atoms with Gasteiger partial charge in [0.15, 0.2) is 5.82 Å². The molecule has 33 heavy (non-hydrogen) atoms.